The van der Waals surface area contributed by atoms with Gasteiger partial charge in [-0.25, -0.2) is 4.98 Å². The van der Waals surface area contributed by atoms with E-state index >= 15 is 0 Å². The molecule has 0 saturated heterocycles. The number of hydrogen-bond donors (Lipinski definition) is 0. The molecule has 164 valence electrons. The van der Waals surface area contributed by atoms with Gasteiger partial charge in [-0.15, -0.1) is 0 Å². The van der Waals surface area contributed by atoms with Crippen molar-refractivity contribution in [3.05, 3.63) is 119 Å². The molecule has 1 amide bonds. The van der Waals surface area contributed by atoms with Gasteiger partial charge in [-0.3, -0.25) is 9.69 Å². The molecule has 0 fully saturated rings. The SMILES string of the molecule is Cc1ccc(Cl)c2sc(N(Cc3ccco3)C(=O)C(c3ccccc3)c3ccccc3)nc12. The number of carbonyl (C=O) groups is 1. The highest BCUT2D eigenvalue weighted by molar-refractivity contribution is 7.23. The normalized spacial score (nSPS) is 11.2. The van der Waals surface area contributed by atoms with Gasteiger partial charge in [0.05, 0.1) is 34.0 Å². The van der Waals surface area contributed by atoms with Gasteiger partial charge in [-0.05, 0) is 41.8 Å². The average Bonchev–Trinajstić information content (AvgIpc) is 3.52. The minimum Gasteiger partial charge on any atom is -0.467 e. The number of anilines is 1. The lowest BCUT2D eigenvalue weighted by Gasteiger charge is -2.25. The number of aromatic nitrogens is 1. The van der Waals surface area contributed by atoms with E-state index in [2.05, 4.69) is 0 Å². The first-order valence-corrected chi connectivity index (χ1v) is 11.8. The number of nitrogens with zero attached hydrogens (tertiary/aromatic N) is 2. The highest BCUT2D eigenvalue weighted by Gasteiger charge is 2.31. The summed E-state index contributed by atoms with van der Waals surface area (Å²) in [5.41, 5.74) is 3.68. The van der Waals surface area contributed by atoms with Crippen LogP contribution in [0.2, 0.25) is 5.02 Å². The lowest BCUT2D eigenvalue weighted by atomic mass is 9.90. The van der Waals surface area contributed by atoms with Crippen molar-refractivity contribution in [1.29, 1.82) is 0 Å². The summed E-state index contributed by atoms with van der Waals surface area (Å²) in [6, 6.07) is 27.2. The molecular weight excluding hydrogens is 452 g/mol. The van der Waals surface area contributed by atoms with Crippen LogP contribution in [0.1, 0.15) is 28.4 Å². The Bertz CT molecular complexity index is 1300. The first-order valence-electron chi connectivity index (χ1n) is 10.6. The first kappa shape index (κ1) is 21.4. The lowest BCUT2D eigenvalue weighted by Crippen LogP contribution is -2.35. The fourth-order valence-corrected chi connectivity index (χ4v) is 5.25. The van der Waals surface area contributed by atoms with Crippen LogP contribution in [0.4, 0.5) is 5.13 Å². The minimum absolute atomic E-state index is 0.0726. The number of amides is 1. The fraction of sp³-hybridized carbons (Fsp3) is 0.111. The predicted molar refractivity (Wildman–Crippen MR) is 134 cm³/mol. The molecule has 6 heteroatoms. The number of rotatable bonds is 6. The van der Waals surface area contributed by atoms with E-state index in [1.807, 2.05) is 91.9 Å². The van der Waals surface area contributed by atoms with E-state index in [-0.39, 0.29) is 12.5 Å². The van der Waals surface area contributed by atoms with Crippen molar-refractivity contribution in [3.63, 3.8) is 0 Å². The highest BCUT2D eigenvalue weighted by atomic mass is 35.5. The Balaban J connectivity index is 1.65. The van der Waals surface area contributed by atoms with Gasteiger partial charge >= 0.3 is 0 Å². The fourth-order valence-electron chi connectivity index (χ4n) is 3.93. The minimum atomic E-state index is -0.481. The van der Waals surface area contributed by atoms with E-state index in [4.69, 9.17) is 21.0 Å². The summed E-state index contributed by atoms with van der Waals surface area (Å²) < 4.78 is 6.48. The van der Waals surface area contributed by atoms with Gasteiger partial charge < -0.3 is 4.42 Å². The molecule has 0 atom stereocenters. The van der Waals surface area contributed by atoms with Crippen LogP contribution in [0.3, 0.4) is 0 Å². The van der Waals surface area contributed by atoms with Crippen LogP contribution in [0, 0.1) is 6.92 Å². The Morgan fingerprint density at radius 2 is 1.64 bits per heavy atom. The van der Waals surface area contributed by atoms with E-state index in [9.17, 15) is 4.79 Å². The molecule has 0 aliphatic heterocycles. The maximum atomic E-state index is 14.2. The van der Waals surface area contributed by atoms with Crippen LogP contribution in [-0.4, -0.2) is 10.9 Å². The second-order valence-electron chi connectivity index (χ2n) is 7.80. The van der Waals surface area contributed by atoms with Crippen molar-refractivity contribution in [2.45, 2.75) is 19.4 Å². The Morgan fingerprint density at radius 3 is 2.21 bits per heavy atom. The third kappa shape index (κ3) is 4.30. The van der Waals surface area contributed by atoms with Gasteiger partial charge in [0.25, 0.3) is 0 Å². The molecule has 4 nitrogen and oxygen atoms in total. The van der Waals surface area contributed by atoms with E-state index in [0.29, 0.717) is 15.9 Å². The number of halogens is 1. The number of aryl methyl sites for hydroxylation is 1. The summed E-state index contributed by atoms with van der Waals surface area (Å²) >= 11 is 7.90. The van der Waals surface area contributed by atoms with Crippen LogP contribution in [-0.2, 0) is 11.3 Å². The number of carbonyl (C=O) groups excluding carboxylic acids is 1. The van der Waals surface area contributed by atoms with E-state index in [1.54, 1.807) is 11.2 Å². The topological polar surface area (TPSA) is 46.3 Å². The highest BCUT2D eigenvalue weighted by Crippen LogP contribution is 2.38. The quantitative estimate of drug-likeness (QED) is 0.262. The maximum absolute atomic E-state index is 14.2. The van der Waals surface area contributed by atoms with Crippen molar-refractivity contribution >= 4 is 44.2 Å². The van der Waals surface area contributed by atoms with Crippen molar-refractivity contribution < 1.29 is 9.21 Å². The monoisotopic (exact) mass is 472 g/mol. The van der Waals surface area contributed by atoms with E-state index in [1.165, 1.54) is 11.3 Å². The smallest absolute Gasteiger partial charge is 0.241 e. The summed E-state index contributed by atoms with van der Waals surface area (Å²) in [6.07, 6.45) is 1.61. The Morgan fingerprint density at radius 1 is 0.970 bits per heavy atom. The molecule has 5 rings (SSSR count). The van der Waals surface area contributed by atoms with E-state index < -0.39 is 5.92 Å². The van der Waals surface area contributed by atoms with Crippen LogP contribution in [0.15, 0.2) is 95.6 Å². The molecule has 0 radical (unpaired) electrons. The molecule has 0 aliphatic rings. The summed E-state index contributed by atoms with van der Waals surface area (Å²) in [7, 11) is 0. The molecule has 0 unspecified atom stereocenters. The number of thiazole rings is 1. The van der Waals surface area contributed by atoms with Crippen LogP contribution >= 0.6 is 22.9 Å². The molecule has 2 aromatic heterocycles. The van der Waals surface area contributed by atoms with Crippen molar-refractivity contribution in [1.82, 2.24) is 4.98 Å². The summed E-state index contributed by atoms with van der Waals surface area (Å²) in [5.74, 6) is 0.132. The number of furan rings is 1. The van der Waals surface area contributed by atoms with Crippen molar-refractivity contribution in [3.8, 4) is 0 Å². The standard InChI is InChI=1S/C27H21ClN2O2S/c1-18-14-15-22(28)25-24(18)29-27(33-25)30(17-21-13-8-16-32-21)26(31)23(19-9-4-2-5-10-19)20-11-6-3-7-12-20/h2-16,23H,17H2,1H3. The summed E-state index contributed by atoms with van der Waals surface area (Å²) in [5, 5.41) is 1.23. The maximum Gasteiger partial charge on any atom is 0.241 e. The van der Waals surface area contributed by atoms with Crippen LogP contribution in [0.25, 0.3) is 10.2 Å². The van der Waals surface area contributed by atoms with E-state index in [0.717, 1.165) is 26.9 Å². The number of fused-ring (bicyclic) bond motifs is 1. The zero-order valence-electron chi connectivity index (χ0n) is 17.9. The van der Waals surface area contributed by atoms with Gasteiger partial charge in [0.1, 0.15) is 5.76 Å². The van der Waals surface area contributed by atoms with Crippen LogP contribution < -0.4 is 4.90 Å². The molecule has 0 aliphatic carbocycles. The average molecular weight is 473 g/mol. The third-order valence-electron chi connectivity index (χ3n) is 5.59. The number of hydrogen-bond acceptors (Lipinski definition) is 4. The molecule has 2 heterocycles. The molecule has 5 aromatic rings. The number of benzene rings is 3. The van der Waals surface area contributed by atoms with Gasteiger partial charge in [0, 0.05) is 0 Å². The Labute approximate surface area is 201 Å². The molecule has 0 saturated carbocycles. The van der Waals surface area contributed by atoms with Gasteiger partial charge in [-0.2, -0.15) is 0 Å². The van der Waals surface area contributed by atoms with Gasteiger partial charge in [-0.1, -0.05) is 89.7 Å². The molecule has 0 N–H and O–H groups in total. The molecule has 0 spiro atoms. The summed E-state index contributed by atoms with van der Waals surface area (Å²) in [4.78, 5) is 20.8. The zero-order valence-corrected chi connectivity index (χ0v) is 19.5. The third-order valence-corrected chi connectivity index (χ3v) is 7.13. The van der Waals surface area contributed by atoms with Crippen molar-refractivity contribution in [2.75, 3.05) is 4.90 Å². The predicted octanol–water partition coefficient (Wildman–Crippen LogP) is 7.22. The lowest BCUT2D eigenvalue weighted by molar-refractivity contribution is -0.119. The largest absolute Gasteiger partial charge is 0.467 e. The molecule has 3 aromatic carbocycles. The second kappa shape index (κ2) is 9.22. The molecule has 0 bridgehead atoms. The molecular formula is C27H21ClN2O2S. The molecule has 33 heavy (non-hydrogen) atoms. The van der Waals surface area contributed by atoms with Crippen LogP contribution in [0.5, 0.6) is 0 Å². The zero-order chi connectivity index (χ0) is 22.8. The van der Waals surface area contributed by atoms with Gasteiger partial charge in [0.15, 0.2) is 5.13 Å². The van der Waals surface area contributed by atoms with Crippen molar-refractivity contribution in [2.24, 2.45) is 0 Å². The second-order valence-corrected chi connectivity index (χ2v) is 9.18. The first-order chi connectivity index (χ1) is 16.1. The summed E-state index contributed by atoms with van der Waals surface area (Å²) in [6.45, 7) is 2.27. The van der Waals surface area contributed by atoms with Gasteiger partial charge in [0.2, 0.25) is 5.91 Å². The Kier molecular flexibility index (Phi) is 5.99. The Hall–Kier alpha value is -3.41.